The van der Waals surface area contributed by atoms with Gasteiger partial charge < -0.3 is 38.7 Å². The topological polar surface area (TPSA) is 174 Å². The van der Waals surface area contributed by atoms with E-state index < -0.39 is 30.6 Å². The number of hydrogen-bond acceptors (Lipinski definition) is 12. The maximum atomic E-state index is 11.0. The molecule has 12 nitrogen and oxygen atoms in total. The Balaban J connectivity index is -0.000000401. The van der Waals surface area contributed by atoms with Gasteiger partial charge in [-0.2, -0.15) is 0 Å². The molecule has 0 aromatic carbocycles. The lowest BCUT2D eigenvalue weighted by molar-refractivity contribution is -0.281. The van der Waals surface area contributed by atoms with E-state index in [1.807, 2.05) is 6.79 Å². The zero-order valence-electron chi connectivity index (χ0n) is 19.9. The highest BCUT2D eigenvalue weighted by Gasteiger charge is 2.16. The van der Waals surface area contributed by atoms with E-state index in [0.29, 0.717) is 18.8 Å². The number of epoxide rings is 2. The minimum Gasteiger partial charge on any atom is -0.460 e. The standard InChI is InChI=1S/C9H16O6.C4H10O3.2C3H6O.CH2O/c1-6(4-10)14-8(12)3-9(13)15-7(2)5-11;1-4(7-5)3-6-2;2*1-3-2-4-3;1-2/h6-7,10-11H,3-5H2,1-2H3;4-5H,3H2,1-2H3;2*3H,2H2,1H3;1H2. The van der Waals surface area contributed by atoms with Crippen molar-refractivity contribution in [1.29, 1.82) is 0 Å². The van der Waals surface area contributed by atoms with Crippen LogP contribution in [0.2, 0.25) is 0 Å². The van der Waals surface area contributed by atoms with Gasteiger partial charge in [-0.05, 0) is 34.6 Å². The lowest BCUT2D eigenvalue weighted by atomic mass is 10.4. The van der Waals surface area contributed by atoms with Crippen LogP contribution in [0.15, 0.2) is 0 Å². The van der Waals surface area contributed by atoms with Crippen LogP contribution in [0.1, 0.15) is 41.0 Å². The molecule has 192 valence electrons. The number of aliphatic hydroxyl groups excluding tert-OH is 2. The van der Waals surface area contributed by atoms with E-state index in [2.05, 4.69) is 32.9 Å². The van der Waals surface area contributed by atoms with Gasteiger partial charge in [0.05, 0.1) is 45.2 Å². The highest BCUT2D eigenvalue weighted by Crippen LogP contribution is 2.04. The Morgan fingerprint density at radius 1 is 0.906 bits per heavy atom. The summed E-state index contributed by atoms with van der Waals surface area (Å²) in [6, 6.07) is 0. The molecular formula is C20H40O12. The van der Waals surface area contributed by atoms with E-state index in [1.54, 1.807) is 14.0 Å². The zero-order chi connectivity index (χ0) is 25.5. The SMILES string of the molecule is C=O.CC(CO)OC(=O)CC(=O)OC(C)CO.CC1CO1.CC1CO1.COCC(C)OO. The Kier molecular flexibility index (Phi) is 26.2. The fourth-order valence-corrected chi connectivity index (χ4v) is 1.18. The van der Waals surface area contributed by atoms with Gasteiger partial charge in [-0.3, -0.25) is 14.8 Å². The summed E-state index contributed by atoms with van der Waals surface area (Å²) in [5.74, 6) is -1.52. The Morgan fingerprint density at radius 2 is 1.22 bits per heavy atom. The third-order valence-electron chi connectivity index (χ3n) is 3.05. The molecule has 12 heteroatoms. The lowest BCUT2D eigenvalue weighted by Crippen LogP contribution is -2.24. The van der Waals surface area contributed by atoms with Gasteiger partial charge in [0.25, 0.3) is 0 Å². The Morgan fingerprint density at radius 3 is 1.38 bits per heavy atom. The molecule has 2 rings (SSSR count). The quantitative estimate of drug-likeness (QED) is 0.138. The van der Waals surface area contributed by atoms with Crippen molar-refractivity contribution in [3.63, 3.8) is 0 Å². The van der Waals surface area contributed by atoms with E-state index >= 15 is 0 Å². The molecule has 5 unspecified atom stereocenters. The molecule has 0 radical (unpaired) electrons. The van der Waals surface area contributed by atoms with E-state index in [-0.39, 0.29) is 19.3 Å². The maximum absolute atomic E-state index is 11.0. The van der Waals surface area contributed by atoms with Crippen molar-refractivity contribution in [3.8, 4) is 0 Å². The molecule has 0 amide bonds. The van der Waals surface area contributed by atoms with E-state index in [0.717, 1.165) is 13.2 Å². The van der Waals surface area contributed by atoms with Crippen LogP contribution >= 0.6 is 0 Å². The van der Waals surface area contributed by atoms with Crippen LogP contribution in [-0.4, -0.2) is 105 Å². The van der Waals surface area contributed by atoms with Gasteiger partial charge in [0.1, 0.15) is 31.5 Å². The van der Waals surface area contributed by atoms with Crippen LogP contribution in [0.5, 0.6) is 0 Å². The highest BCUT2D eigenvalue weighted by atomic mass is 17.1. The molecule has 2 aliphatic rings. The summed E-state index contributed by atoms with van der Waals surface area (Å²) < 4.78 is 23.3. The molecule has 2 heterocycles. The van der Waals surface area contributed by atoms with Gasteiger partial charge in [-0.15, -0.1) is 0 Å². The van der Waals surface area contributed by atoms with Crippen molar-refractivity contribution in [2.75, 3.05) is 40.1 Å². The molecule has 32 heavy (non-hydrogen) atoms. The molecule has 2 fully saturated rings. The molecule has 2 aliphatic heterocycles. The first-order valence-corrected chi connectivity index (χ1v) is 10.0. The number of rotatable bonds is 9. The monoisotopic (exact) mass is 472 g/mol. The Labute approximate surface area is 189 Å². The lowest BCUT2D eigenvalue weighted by Gasteiger charge is -2.12. The minimum absolute atomic E-state index is 0.218. The van der Waals surface area contributed by atoms with Crippen LogP contribution in [0.3, 0.4) is 0 Å². The third kappa shape index (κ3) is 33.0. The fraction of sp³-hybridized carbons (Fsp3) is 0.850. The van der Waals surface area contributed by atoms with E-state index in [9.17, 15) is 9.59 Å². The van der Waals surface area contributed by atoms with Crippen LogP contribution in [-0.2, 0) is 43.0 Å². The van der Waals surface area contributed by atoms with Gasteiger partial charge in [0.2, 0.25) is 0 Å². The predicted molar refractivity (Wildman–Crippen MR) is 113 cm³/mol. The molecule has 3 N–H and O–H groups in total. The van der Waals surface area contributed by atoms with Crippen molar-refractivity contribution in [1.82, 2.24) is 0 Å². The Hall–Kier alpha value is -1.67. The molecule has 0 bridgehead atoms. The van der Waals surface area contributed by atoms with Gasteiger partial charge >= 0.3 is 11.9 Å². The Bertz CT molecular complexity index is 408. The molecule has 5 atom stereocenters. The summed E-state index contributed by atoms with van der Waals surface area (Å²) in [5.41, 5.74) is 0. The van der Waals surface area contributed by atoms with Crippen LogP contribution in [0.4, 0.5) is 0 Å². The van der Waals surface area contributed by atoms with Gasteiger partial charge in [-0.1, -0.05) is 0 Å². The molecule has 2 saturated heterocycles. The number of aliphatic hydroxyl groups is 2. The van der Waals surface area contributed by atoms with Crippen molar-refractivity contribution < 1.29 is 58.4 Å². The van der Waals surface area contributed by atoms with Crippen molar-refractivity contribution in [2.45, 2.75) is 71.6 Å². The average Bonchev–Trinajstić information content (AvgIpc) is 3.70. The van der Waals surface area contributed by atoms with Gasteiger partial charge in [-0.25, -0.2) is 4.89 Å². The second-order valence-electron chi connectivity index (χ2n) is 6.80. The number of hydrogen-bond donors (Lipinski definition) is 3. The molecular weight excluding hydrogens is 432 g/mol. The van der Waals surface area contributed by atoms with Crippen LogP contribution in [0, 0.1) is 0 Å². The molecule has 0 aromatic heterocycles. The summed E-state index contributed by atoms with van der Waals surface area (Å²) in [7, 11) is 1.55. The smallest absolute Gasteiger partial charge is 0.317 e. The van der Waals surface area contributed by atoms with Crippen molar-refractivity contribution in [2.24, 2.45) is 0 Å². The second-order valence-corrected chi connectivity index (χ2v) is 6.80. The normalized spacial score (nSPS) is 19.8. The third-order valence-corrected chi connectivity index (χ3v) is 3.05. The van der Waals surface area contributed by atoms with E-state index in [4.69, 9.17) is 29.7 Å². The molecule has 0 spiro atoms. The largest absolute Gasteiger partial charge is 0.460 e. The fourth-order valence-electron chi connectivity index (χ4n) is 1.18. The second kappa shape index (κ2) is 24.0. The first kappa shape index (κ1) is 34.9. The van der Waals surface area contributed by atoms with Gasteiger partial charge in [0, 0.05) is 7.11 Å². The first-order valence-electron chi connectivity index (χ1n) is 10.0. The van der Waals surface area contributed by atoms with Crippen LogP contribution in [0.25, 0.3) is 0 Å². The number of carbonyl (C=O) groups is 3. The number of ether oxygens (including phenoxy) is 5. The minimum atomic E-state index is -0.758. The van der Waals surface area contributed by atoms with E-state index in [1.165, 1.54) is 13.8 Å². The van der Waals surface area contributed by atoms with Crippen molar-refractivity contribution in [3.05, 3.63) is 0 Å². The average molecular weight is 473 g/mol. The first-order chi connectivity index (χ1) is 15.1. The molecule has 0 aliphatic carbocycles. The summed E-state index contributed by atoms with van der Waals surface area (Å²) in [6.07, 6.45) is -0.847. The zero-order valence-corrected chi connectivity index (χ0v) is 19.9. The highest BCUT2D eigenvalue weighted by molar-refractivity contribution is 5.91. The molecule has 0 saturated carbocycles. The summed E-state index contributed by atoms with van der Waals surface area (Å²) in [4.78, 5) is 33.9. The van der Waals surface area contributed by atoms with Crippen molar-refractivity contribution >= 4 is 18.7 Å². The van der Waals surface area contributed by atoms with Crippen LogP contribution < -0.4 is 0 Å². The number of esters is 2. The summed E-state index contributed by atoms with van der Waals surface area (Å²) in [6.45, 7) is 12.6. The van der Waals surface area contributed by atoms with Gasteiger partial charge in [0.15, 0.2) is 0 Å². The number of methoxy groups -OCH3 is 1. The maximum Gasteiger partial charge on any atom is 0.317 e. The number of carbonyl (C=O) groups excluding carboxylic acids is 3. The predicted octanol–water partition coefficient (Wildman–Crippen LogP) is 0.361. The summed E-state index contributed by atoms with van der Waals surface area (Å²) >= 11 is 0. The summed E-state index contributed by atoms with van der Waals surface area (Å²) in [5, 5.41) is 25.0. The molecule has 0 aromatic rings.